The normalized spacial score (nSPS) is 13.6. The Bertz CT molecular complexity index is 469. The summed E-state index contributed by atoms with van der Waals surface area (Å²) in [6, 6.07) is 0.515. The molecule has 2 N–H and O–H groups in total. The third kappa shape index (κ3) is 4.01. The average Bonchev–Trinajstić information content (AvgIpc) is 2.79. The molecule has 6 heteroatoms. The van der Waals surface area contributed by atoms with Crippen LogP contribution in [0.1, 0.15) is 31.6 Å². The molecular formula is C14H22N2O4. The van der Waals surface area contributed by atoms with E-state index < -0.39 is 18.0 Å². The molecule has 0 aliphatic carbocycles. The van der Waals surface area contributed by atoms with Crippen LogP contribution in [0, 0.1) is 12.8 Å². The van der Waals surface area contributed by atoms with Gasteiger partial charge in [-0.05, 0) is 18.9 Å². The van der Waals surface area contributed by atoms with E-state index in [1.54, 1.807) is 26.3 Å². The largest absolute Gasteiger partial charge is 0.480 e. The van der Waals surface area contributed by atoms with Gasteiger partial charge in [0.2, 0.25) is 0 Å². The third-order valence-corrected chi connectivity index (χ3v) is 3.48. The highest BCUT2D eigenvalue weighted by molar-refractivity contribution is 5.82. The average molecular weight is 282 g/mol. The first-order valence-electron chi connectivity index (χ1n) is 6.64. The number of hydrogen-bond donors (Lipinski definition) is 2. The summed E-state index contributed by atoms with van der Waals surface area (Å²) < 4.78 is 5.17. The van der Waals surface area contributed by atoms with Crippen molar-refractivity contribution in [1.82, 2.24) is 10.2 Å². The number of carboxylic acid groups (broad SMARTS) is 1. The maximum absolute atomic E-state index is 12.0. The predicted octanol–water partition coefficient (Wildman–Crippen LogP) is 2.23. The Morgan fingerprint density at radius 3 is 2.60 bits per heavy atom. The van der Waals surface area contributed by atoms with Gasteiger partial charge in [-0.15, -0.1) is 0 Å². The van der Waals surface area contributed by atoms with Crippen molar-refractivity contribution in [2.24, 2.45) is 5.92 Å². The van der Waals surface area contributed by atoms with Gasteiger partial charge in [0, 0.05) is 12.6 Å². The lowest BCUT2D eigenvalue weighted by Gasteiger charge is -2.24. The first-order chi connectivity index (χ1) is 9.36. The number of rotatable bonds is 6. The number of aliphatic carboxylic acids is 1. The van der Waals surface area contributed by atoms with Crippen molar-refractivity contribution >= 4 is 12.0 Å². The Hall–Kier alpha value is -1.98. The van der Waals surface area contributed by atoms with E-state index in [0.29, 0.717) is 13.0 Å². The van der Waals surface area contributed by atoms with Crippen molar-refractivity contribution in [3.05, 3.63) is 23.7 Å². The van der Waals surface area contributed by atoms with Gasteiger partial charge in [-0.3, -0.25) is 0 Å². The first kappa shape index (κ1) is 16.1. The van der Waals surface area contributed by atoms with Crippen molar-refractivity contribution in [2.75, 3.05) is 7.05 Å². The van der Waals surface area contributed by atoms with E-state index in [1.165, 1.54) is 4.90 Å². The summed E-state index contributed by atoms with van der Waals surface area (Å²) in [5, 5.41) is 11.7. The minimum absolute atomic E-state index is 0.125. The van der Waals surface area contributed by atoms with Crippen LogP contribution in [0.2, 0.25) is 0 Å². The summed E-state index contributed by atoms with van der Waals surface area (Å²) in [5.41, 5.74) is 0.901. The Kier molecular flexibility index (Phi) is 5.61. The van der Waals surface area contributed by atoms with E-state index in [4.69, 9.17) is 9.52 Å². The minimum Gasteiger partial charge on any atom is -0.480 e. The fourth-order valence-corrected chi connectivity index (χ4v) is 1.83. The van der Waals surface area contributed by atoms with Gasteiger partial charge >= 0.3 is 12.0 Å². The second kappa shape index (κ2) is 6.98. The minimum atomic E-state index is -1.01. The van der Waals surface area contributed by atoms with Gasteiger partial charge < -0.3 is 19.7 Å². The molecule has 0 saturated heterocycles. The summed E-state index contributed by atoms with van der Waals surface area (Å²) in [4.78, 5) is 24.7. The zero-order valence-electron chi connectivity index (χ0n) is 12.3. The van der Waals surface area contributed by atoms with E-state index in [2.05, 4.69) is 5.32 Å². The monoisotopic (exact) mass is 282 g/mol. The molecule has 0 aliphatic rings. The summed E-state index contributed by atoms with van der Waals surface area (Å²) in [6.07, 6.45) is 2.25. The second-order valence-electron chi connectivity index (χ2n) is 5.01. The van der Waals surface area contributed by atoms with Crippen LogP contribution in [0.4, 0.5) is 4.79 Å². The molecule has 1 unspecified atom stereocenters. The number of carboxylic acids is 1. The molecule has 0 spiro atoms. The van der Waals surface area contributed by atoms with Gasteiger partial charge in [0.25, 0.3) is 0 Å². The molecule has 0 aromatic carbocycles. The van der Waals surface area contributed by atoms with Gasteiger partial charge in [0.15, 0.2) is 0 Å². The van der Waals surface area contributed by atoms with Crippen LogP contribution in [0.15, 0.2) is 16.7 Å². The summed E-state index contributed by atoms with van der Waals surface area (Å²) in [5.74, 6) is -0.387. The highest BCUT2D eigenvalue weighted by Crippen LogP contribution is 2.12. The molecule has 20 heavy (non-hydrogen) atoms. The zero-order valence-corrected chi connectivity index (χ0v) is 12.3. The molecule has 0 bridgehead atoms. The standard InChI is InChI=1S/C14H22N2O4/c1-5-9(2)12(13(17)18)15-14(19)16(4)8-11-6-7-20-10(11)3/h6-7,9,12H,5,8H2,1-4H3,(H,15,19)(H,17,18)/t9?,12-/m0/s1. The molecule has 112 valence electrons. The van der Waals surface area contributed by atoms with Crippen molar-refractivity contribution < 1.29 is 19.1 Å². The van der Waals surface area contributed by atoms with E-state index in [-0.39, 0.29) is 5.92 Å². The molecule has 1 rings (SSSR count). The fraction of sp³-hybridized carbons (Fsp3) is 0.571. The lowest BCUT2D eigenvalue weighted by Crippen LogP contribution is -2.49. The number of nitrogens with zero attached hydrogens (tertiary/aromatic N) is 1. The Morgan fingerprint density at radius 1 is 1.50 bits per heavy atom. The van der Waals surface area contributed by atoms with E-state index in [0.717, 1.165) is 11.3 Å². The second-order valence-corrected chi connectivity index (χ2v) is 5.01. The Labute approximate surface area is 118 Å². The van der Waals surface area contributed by atoms with Gasteiger partial charge in [-0.1, -0.05) is 20.3 Å². The Morgan fingerprint density at radius 2 is 2.15 bits per heavy atom. The molecule has 2 amide bonds. The van der Waals surface area contributed by atoms with Crippen LogP contribution in [0.3, 0.4) is 0 Å². The fourth-order valence-electron chi connectivity index (χ4n) is 1.83. The lowest BCUT2D eigenvalue weighted by molar-refractivity contribution is -0.140. The van der Waals surface area contributed by atoms with Crippen LogP contribution >= 0.6 is 0 Å². The number of amides is 2. The molecule has 0 fully saturated rings. The summed E-state index contributed by atoms with van der Waals surface area (Å²) in [6.45, 7) is 5.89. The van der Waals surface area contributed by atoms with Gasteiger partial charge in [-0.2, -0.15) is 0 Å². The van der Waals surface area contributed by atoms with Crippen molar-refractivity contribution in [1.29, 1.82) is 0 Å². The topological polar surface area (TPSA) is 82.8 Å². The number of nitrogens with one attached hydrogen (secondary N) is 1. The quantitative estimate of drug-likeness (QED) is 0.838. The van der Waals surface area contributed by atoms with Crippen LogP contribution in [0.5, 0.6) is 0 Å². The molecule has 0 saturated carbocycles. The smallest absolute Gasteiger partial charge is 0.326 e. The number of carbonyl (C=O) groups excluding carboxylic acids is 1. The van der Waals surface area contributed by atoms with Crippen LogP contribution < -0.4 is 5.32 Å². The number of hydrogen-bond acceptors (Lipinski definition) is 3. The van der Waals surface area contributed by atoms with E-state index >= 15 is 0 Å². The summed E-state index contributed by atoms with van der Waals surface area (Å²) >= 11 is 0. The molecule has 1 heterocycles. The number of carbonyl (C=O) groups is 2. The highest BCUT2D eigenvalue weighted by atomic mass is 16.4. The lowest BCUT2D eigenvalue weighted by atomic mass is 9.99. The molecule has 0 aliphatic heterocycles. The Balaban J connectivity index is 2.64. The van der Waals surface area contributed by atoms with Crippen molar-refractivity contribution in [3.8, 4) is 0 Å². The maximum Gasteiger partial charge on any atom is 0.326 e. The van der Waals surface area contributed by atoms with Crippen LogP contribution in [-0.2, 0) is 11.3 Å². The number of urea groups is 1. The molecule has 6 nitrogen and oxygen atoms in total. The zero-order chi connectivity index (χ0) is 15.3. The van der Waals surface area contributed by atoms with Gasteiger partial charge in [-0.25, -0.2) is 9.59 Å². The maximum atomic E-state index is 12.0. The van der Waals surface area contributed by atoms with Crippen molar-refractivity contribution in [2.45, 2.75) is 39.8 Å². The number of furan rings is 1. The van der Waals surface area contributed by atoms with Gasteiger partial charge in [0.05, 0.1) is 12.8 Å². The van der Waals surface area contributed by atoms with Crippen LogP contribution in [0.25, 0.3) is 0 Å². The molecule has 1 aromatic heterocycles. The first-order valence-corrected chi connectivity index (χ1v) is 6.64. The highest BCUT2D eigenvalue weighted by Gasteiger charge is 2.26. The molecule has 1 aromatic rings. The van der Waals surface area contributed by atoms with Crippen LogP contribution in [-0.4, -0.2) is 35.1 Å². The van der Waals surface area contributed by atoms with E-state index in [9.17, 15) is 9.59 Å². The van der Waals surface area contributed by atoms with Gasteiger partial charge in [0.1, 0.15) is 11.8 Å². The molecule has 2 atom stereocenters. The molecule has 0 radical (unpaired) electrons. The van der Waals surface area contributed by atoms with Crippen molar-refractivity contribution in [3.63, 3.8) is 0 Å². The number of aryl methyl sites for hydroxylation is 1. The predicted molar refractivity (Wildman–Crippen MR) is 74.3 cm³/mol. The molecular weight excluding hydrogens is 260 g/mol. The van der Waals surface area contributed by atoms with E-state index in [1.807, 2.05) is 13.8 Å². The summed E-state index contributed by atoms with van der Waals surface area (Å²) in [7, 11) is 1.62. The SMILES string of the molecule is CCC(C)[C@H](NC(=O)N(C)Cc1ccoc1C)C(=O)O. The third-order valence-electron chi connectivity index (χ3n) is 3.48.